The Morgan fingerprint density at radius 1 is 0.757 bits per heavy atom. The van der Waals surface area contributed by atoms with Gasteiger partial charge in [-0.15, -0.1) is 0 Å². The molecular weight excluding hydrogens is 472 g/mol. The molecule has 1 saturated heterocycles. The quantitative estimate of drug-likeness (QED) is 0.196. The Hall–Kier alpha value is -4.32. The number of rotatable bonds is 9. The molecule has 0 unspecified atom stereocenters. The SMILES string of the molecule is O=C(CCN1C(=O)[C@@H](c2ccc(F)cc2)[C@@H]1c1ccc(OCc2ccccc2)cc1)c1ccc(F)cc1. The Bertz CT molecular complexity index is 1370. The molecule has 6 heteroatoms. The third-order valence-electron chi connectivity index (χ3n) is 6.65. The lowest BCUT2D eigenvalue weighted by atomic mass is 9.77. The van der Waals surface area contributed by atoms with Crippen molar-refractivity contribution in [1.29, 1.82) is 0 Å². The standard InChI is InChI=1S/C31H25F2NO3/c32-25-12-6-22(7-13-25)28(35)18-19-34-30(29(31(34)36)23-8-14-26(33)15-9-23)24-10-16-27(17-11-24)37-20-21-4-2-1-3-5-21/h1-17,29-30H,18-20H2/t29-,30-/m0/s1. The number of ketones is 1. The molecular formula is C31H25F2NO3. The molecule has 0 radical (unpaired) electrons. The van der Waals surface area contributed by atoms with E-state index in [4.69, 9.17) is 4.74 Å². The zero-order valence-electron chi connectivity index (χ0n) is 20.0. The smallest absolute Gasteiger partial charge is 0.233 e. The Kier molecular flexibility index (Phi) is 7.08. The van der Waals surface area contributed by atoms with E-state index in [1.165, 1.54) is 36.4 Å². The molecule has 0 spiro atoms. The average molecular weight is 498 g/mol. The van der Waals surface area contributed by atoms with Crippen LogP contribution in [-0.2, 0) is 11.4 Å². The van der Waals surface area contributed by atoms with Crippen molar-refractivity contribution >= 4 is 11.7 Å². The minimum absolute atomic E-state index is 0.113. The van der Waals surface area contributed by atoms with Crippen LogP contribution in [0.3, 0.4) is 0 Å². The molecule has 1 heterocycles. The molecule has 0 aliphatic carbocycles. The number of hydrogen-bond donors (Lipinski definition) is 0. The number of benzene rings is 4. The fraction of sp³-hybridized carbons (Fsp3) is 0.161. The number of β-lactam (4-membered cyclic amide) rings is 1. The second-order valence-electron chi connectivity index (χ2n) is 9.03. The largest absolute Gasteiger partial charge is 0.489 e. The molecule has 2 atom stereocenters. The maximum Gasteiger partial charge on any atom is 0.233 e. The summed E-state index contributed by atoms with van der Waals surface area (Å²) < 4.78 is 32.6. The molecule has 4 aromatic carbocycles. The highest BCUT2D eigenvalue weighted by atomic mass is 19.1. The molecule has 0 aromatic heterocycles. The highest BCUT2D eigenvalue weighted by Gasteiger charge is 2.48. The molecule has 1 aliphatic heterocycles. The number of ether oxygens (including phenoxy) is 1. The number of halogens is 2. The minimum Gasteiger partial charge on any atom is -0.489 e. The van der Waals surface area contributed by atoms with Crippen LogP contribution < -0.4 is 4.74 Å². The van der Waals surface area contributed by atoms with Gasteiger partial charge in [0.1, 0.15) is 24.0 Å². The predicted octanol–water partition coefficient (Wildman–Crippen LogP) is 6.48. The van der Waals surface area contributed by atoms with E-state index in [1.807, 2.05) is 54.6 Å². The first-order chi connectivity index (χ1) is 18.0. The highest BCUT2D eigenvalue weighted by molar-refractivity contribution is 5.97. The number of carbonyl (C=O) groups excluding carboxylic acids is 2. The lowest BCUT2D eigenvalue weighted by molar-refractivity contribution is -0.150. The molecule has 1 amide bonds. The van der Waals surface area contributed by atoms with Gasteiger partial charge in [0.25, 0.3) is 0 Å². The minimum atomic E-state index is -0.474. The lowest BCUT2D eigenvalue weighted by Crippen LogP contribution is -2.53. The van der Waals surface area contributed by atoms with E-state index in [0.717, 1.165) is 16.7 Å². The van der Waals surface area contributed by atoms with Gasteiger partial charge in [-0.2, -0.15) is 0 Å². The summed E-state index contributed by atoms with van der Waals surface area (Å²) in [6.45, 7) is 0.668. The first-order valence-electron chi connectivity index (χ1n) is 12.1. The van der Waals surface area contributed by atoms with E-state index >= 15 is 0 Å². The first-order valence-corrected chi connectivity index (χ1v) is 12.1. The van der Waals surface area contributed by atoms with Gasteiger partial charge in [-0.05, 0) is 65.2 Å². The average Bonchev–Trinajstić information content (AvgIpc) is 2.93. The molecule has 4 aromatic rings. The summed E-state index contributed by atoms with van der Waals surface area (Å²) in [4.78, 5) is 27.5. The predicted molar refractivity (Wildman–Crippen MR) is 136 cm³/mol. The molecule has 0 bridgehead atoms. The van der Waals surface area contributed by atoms with E-state index in [0.29, 0.717) is 17.9 Å². The summed E-state index contributed by atoms with van der Waals surface area (Å²) in [6, 6.07) is 28.5. The zero-order valence-corrected chi connectivity index (χ0v) is 20.0. The van der Waals surface area contributed by atoms with Crippen LogP contribution >= 0.6 is 0 Å². The van der Waals surface area contributed by atoms with Gasteiger partial charge in [0.05, 0.1) is 12.0 Å². The fourth-order valence-electron chi connectivity index (χ4n) is 4.67. The zero-order chi connectivity index (χ0) is 25.8. The van der Waals surface area contributed by atoms with E-state index in [1.54, 1.807) is 17.0 Å². The molecule has 1 fully saturated rings. The van der Waals surface area contributed by atoms with Crippen molar-refractivity contribution in [2.45, 2.75) is 25.0 Å². The molecule has 186 valence electrons. The van der Waals surface area contributed by atoms with Gasteiger partial charge in [-0.3, -0.25) is 9.59 Å². The van der Waals surface area contributed by atoms with Crippen molar-refractivity contribution in [2.24, 2.45) is 0 Å². The highest BCUT2D eigenvalue weighted by Crippen LogP contribution is 2.46. The van der Waals surface area contributed by atoms with Crippen molar-refractivity contribution in [1.82, 2.24) is 4.90 Å². The topological polar surface area (TPSA) is 46.6 Å². The third kappa shape index (κ3) is 5.43. The van der Waals surface area contributed by atoms with Crippen molar-refractivity contribution < 1.29 is 23.1 Å². The van der Waals surface area contributed by atoms with Crippen LogP contribution in [0.15, 0.2) is 103 Å². The van der Waals surface area contributed by atoms with E-state index in [-0.39, 0.29) is 36.5 Å². The second kappa shape index (κ2) is 10.7. The summed E-state index contributed by atoms with van der Waals surface area (Å²) in [5, 5.41) is 0. The van der Waals surface area contributed by atoms with Gasteiger partial charge in [0.15, 0.2) is 5.78 Å². The number of likely N-dealkylation sites (tertiary alicyclic amines) is 1. The van der Waals surface area contributed by atoms with Crippen molar-refractivity contribution in [3.8, 4) is 5.75 Å². The summed E-state index contributed by atoms with van der Waals surface area (Å²) in [6.07, 6.45) is 0.113. The van der Waals surface area contributed by atoms with Gasteiger partial charge in [0.2, 0.25) is 5.91 Å². The van der Waals surface area contributed by atoms with Gasteiger partial charge >= 0.3 is 0 Å². The van der Waals surface area contributed by atoms with Crippen LogP contribution in [0, 0.1) is 11.6 Å². The van der Waals surface area contributed by atoms with E-state index in [9.17, 15) is 18.4 Å². The van der Waals surface area contributed by atoms with E-state index < -0.39 is 11.7 Å². The summed E-state index contributed by atoms with van der Waals surface area (Å²) in [5.41, 5.74) is 3.09. The van der Waals surface area contributed by atoms with Gasteiger partial charge in [-0.1, -0.05) is 54.6 Å². The third-order valence-corrected chi connectivity index (χ3v) is 6.65. The van der Waals surface area contributed by atoms with E-state index in [2.05, 4.69) is 0 Å². The van der Waals surface area contributed by atoms with Gasteiger partial charge < -0.3 is 9.64 Å². The van der Waals surface area contributed by atoms with Crippen molar-refractivity contribution in [3.63, 3.8) is 0 Å². The van der Waals surface area contributed by atoms with Crippen LogP contribution in [0.4, 0.5) is 8.78 Å². The number of hydrogen-bond acceptors (Lipinski definition) is 3. The summed E-state index contributed by atoms with van der Waals surface area (Å²) in [5.74, 6) is -0.830. The molecule has 37 heavy (non-hydrogen) atoms. The Morgan fingerprint density at radius 2 is 1.35 bits per heavy atom. The lowest BCUT2D eigenvalue weighted by Gasteiger charge is -2.48. The maximum atomic E-state index is 13.5. The van der Waals surface area contributed by atoms with Crippen LogP contribution in [0.25, 0.3) is 0 Å². The molecule has 1 aliphatic rings. The first kappa shape index (κ1) is 24.4. The monoisotopic (exact) mass is 497 g/mol. The maximum absolute atomic E-state index is 13.5. The molecule has 4 nitrogen and oxygen atoms in total. The fourth-order valence-corrected chi connectivity index (χ4v) is 4.67. The molecule has 5 rings (SSSR count). The van der Waals surface area contributed by atoms with Crippen LogP contribution in [0.5, 0.6) is 5.75 Å². The van der Waals surface area contributed by atoms with Gasteiger partial charge in [0, 0.05) is 18.5 Å². The summed E-state index contributed by atoms with van der Waals surface area (Å²) in [7, 11) is 0. The van der Waals surface area contributed by atoms with Crippen LogP contribution in [-0.4, -0.2) is 23.1 Å². The Morgan fingerprint density at radius 3 is 2.00 bits per heavy atom. The van der Waals surface area contributed by atoms with Crippen LogP contribution in [0.2, 0.25) is 0 Å². The normalized spacial score (nSPS) is 16.8. The number of amides is 1. The molecule has 0 saturated carbocycles. The number of nitrogens with zero attached hydrogens (tertiary/aromatic N) is 1. The van der Waals surface area contributed by atoms with Gasteiger partial charge in [-0.25, -0.2) is 8.78 Å². The number of Topliss-reactive ketones (excluding diaryl/α,β-unsaturated/α-hetero) is 1. The summed E-state index contributed by atoms with van der Waals surface area (Å²) >= 11 is 0. The van der Waals surface area contributed by atoms with Crippen molar-refractivity contribution in [2.75, 3.05) is 6.54 Å². The van der Waals surface area contributed by atoms with Crippen LogP contribution in [0.1, 0.15) is 45.4 Å². The second-order valence-corrected chi connectivity index (χ2v) is 9.03. The number of carbonyl (C=O) groups is 2. The Labute approximate surface area is 214 Å². The Balaban J connectivity index is 1.33. The van der Waals surface area contributed by atoms with Crippen molar-refractivity contribution in [3.05, 3.63) is 137 Å². The molecule has 0 N–H and O–H groups in total.